The van der Waals surface area contributed by atoms with Gasteiger partial charge in [-0.15, -0.1) is 0 Å². The lowest BCUT2D eigenvalue weighted by molar-refractivity contribution is -0.121. The van der Waals surface area contributed by atoms with Gasteiger partial charge in [0, 0.05) is 32.3 Å². The minimum atomic E-state index is 0.0276. The summed E-state index contributed by atoms with van der Waals surface area (Å²) in [7, 11) is 2.01. The number of aryl methyl sites for hydroxylation is 2. The van der Waals surface area contributed by atoms with E-state index in [1.54, 1.807) is 6.20 Å². The van der Waals surface area contributed by atoms with Gasteiger partial charge in [0.2, 0.25) is 5.91 Å². The Bertz CT molecular complexity index is 1040. The Morgan fingerprint density at radius 3 is 2.57 bits per heavy atom. The Balaban J connectivity index is 1.38. The van der Waals surface area contributed by atoms with Crippen LogP contribution in [0.1, 0.15) is 18.4 Å². The number of piperidine rings is 1. The van der Waals surface area contributed by atoms with Crippen molar-refractivity contribution in [1.29, 1.82) is 0 Å². The average molecular weight is 396 g/mol. The van der Waals surface area contributed by atoms with Crippen LogP contribution in [0.5, 0.6) is 0 Å². The van der Waals surface area contributed by atoms with E-state index < -0.39 is 0 Å². The molecule has 3 heterocycles. The van der Waals surface area contributed by atoms with E-state index in [9.17, 15) is 4.79 Å². The maximum Gasteiger partial charge on any atom is 0.228 e. The van der Waals surface area contributed by atoms with Crippen molar-refractivity contribution in [3.05, 3.63) is 52.9 Å². The smallest absolute Gasteiger partial charge is 0.228 e. The van der Waals surface area contributed by atoms with Crippen molar-refractivity contribution in [1.82, 2.24) is 19.0 Å². The molecule has 6 nitrogen and oxygen atoms in total. The number of anilines is 1. The first-order valence-corrected chi connectivity index (χ1v) is 10.0. The van der Waals surface area contributed by atoms with Crippen molar-refractivity contribution in [3.63, 3.8) is 0 Å². The number of rotatable bonds is 4. The summed E-state index contributed by atoms with van der Waals surface area (Å²) >= 11 is 5.64. The molecule has 0 saturated carbocycles. The number of likely N-dealkylation sites (tertiary alicyclic amines) is 1. The third-order valence-electron chi connectivity index (χ3n) is 5.51. The van der Waals surface area contributed by atoms with Crippen LogP contribution >= 0.6 is 12.2 Å². The van der Waals surface area contributed by atoms with Gasteiger partial charge < -0.3 is 14.5 Å². The third-order valence-corrected chi connectivity index (χ3v) is 6.01. The molecule has 1 amide bonds. The molecule has 0 radical (unpaired) electrons. The molecule has 1 aromatic carbocycles. The van der Waals surface area contributed by atoms with Gasteiger partial charge in [-0.3, -0.25) is 9.69 Å². The van der Waals surface area contributed by atoms with Crippen LogP contribution in [-0.4, -0.2) is 38.0 Å². The van der Waals surface area contributed by atoms with E-state index in [2.05, 4.69) is 36.5 Å². The number of pyridine rings is 1. The summed E-state index contributed by atoms with van der Waals surface area (Å²) in [6, 6.07) is 12.1. The molecule has 2 aromatic heterocycles. The number of fused-ring (bicyclic) bond motifs is 1. The van der Waals surface area contributed by atoms with Crippen LogP contribution < -0.4 is 5.32 Å². The highest BCUT2D eigenvalue weighted by molar-refractivity contribution is 7.71. The molecule has 0 unspecified atom stereocenters. The summed E-state index contributed by atoms with van der Waals surface area (Å²) in [6.45, 7) is 4.50. The summed E-state index contributed by atoms with van der Waals surface area (Å²) < 4.78 is 5.06. The first-order valence-electron chi connectivity index (χ1n) is 9.63. The molecule has 0 atom stereocenters. The highest BCUT2D eigenvalue weighted by Gasteiger charge is 2.25. The predicted molar refractivity (Wildman–Crippen MR) is 114 cm³/mol. The molecule has 3 aromatic rings. The second-order valence-electron chi connectivity index (χ2n) is 7.50. The van der Waals surface area contributed by atoms with Crippen molar-refractivity contribution in [2.45, 2.75) is 26.4 Å². The first kappa shape index (κ1) is 18.8. The molecule has 4 rings (SSSR count). The summed E-state index contributed by atoms with van der Waals surface area (Å²) in [5, 5.41) is 2.95. The van der Waals surface area contributed by atoms with Gasteiger partial charge >= 0.3 is 0 Å². The maximum atomic E-state index is 12.6. The Labute approximate surface area is 169 Å². The minimum Gasteiger partial charge on any atom is -0.320 e. The molecule has 0 spiro atoms. The number of nitrogens with one attached hydrogen (secondary N) is 1. The van der Waals surface area contributed by atoms with Crippen molar-refractivity contribution in [2.24, 2.45) is 13.0 Å². The minimum absolute atomic E-state index is 0.0276. The Hall–Kier alpha value is -2.51. The van der Waals surface area contributed by atoms with Gasteiger partial charge in [-0.1, -0.05) is 18.2 Å². The molecule has 1 aliphatic heterocycles. The number of carbonyl (C=O) groups excluding carboxylic acids is 1. The number of carbonyl (C=O) groups is 1. The zero-order valence-corrected chi connectivity index (χ0v) is 17.1. The van der Waals surface area contributed by atoms with Gasteiger partial charge in [0.15, 0.2) is 4.77 Å². The van der Waals surface area contributed by atoms with Gasteiger partial charge in [-0.2, -0.15) is 0 Å². The van der Waals surface area contributed by atoms with E-state index in [0.29, 0.717) is 5.82 Å². The maximum absolute atomic E-state index is 12.6. The zero-order chi connectivity index (χ0) is 19.7. The number of imidazole rings is 1. The highest BCUT2D eigenvalue weighted by atomic mass is 32.1. The van der Waals surface area contributed by atoms with Crippen LogP contribution in [0.4, 0.5) is 5.82 Å². The van der Waals surface area contributed by atoms with Crippen LogP contribution in [0.2, 0.25) is 0 Å². The molecule has 1 aliphatic rings. The zero-order valence-electron chi connectivity index (χ0n) is 16.3. The molecule has 146 valence electrons. The molecule has 7 heteroatoms. The summed E-state index contributed by atoms with van der Waals surface area (Å²) in [6.07, 6.45) is 3.46. The normalized spacial score (nSPS) is 15.8. The summed E-state index contributed by atoms with van der Waals surface area (Å²) in [4.78, 5) is 19.2. The van der Waals surface area contributed by atoms with Gasteiger partial charge in [0.25, 0.3) is 0 Å². The molecule has 1 fully saturated rings. The molecule has 0 bridgehead atoms. The quantitative estimate of drug-likeness (QED) is 0.684. The Morgan fingerprint density at radius 1 is 1.18 bits per heavy atom. The number of hydrogen-bond acceptors (Lipinski definition) is 4. The van der Waals surface area contributed by atoms with E-state index >= 15 is 0 Å². The number of benzene rings is 1. The average Bonchev–Trinajstić information content (AvgIpc) is 2.95. The van der Waals surface area contributed by atoms with Crippen LogP contribution in [0.3, 0.4) is 0 Å². The monoisotopic (exact) mass is 395 g/mol. The molecule has 0 aliphatic carbocycles. The number of hydrogen-bond donors (Lipinski definition) is 1. The molecule has 1 N–H and O–H groups in total. The molecule has 1 saturated heterocycles. The largest absolute Gasteiger partial charge is 0.320 e. The number of para-hydroxylation sites is 2. The SMILES string of the molecule is Cc1ccc(NC(=O)C2CCN(Cn3c(=S)n(C)c4ccccc43)CC2)nc1. The third kappa shape index (κ3) is 3.72. The van der Waals surface area contributed by atoms with Crippen LogP contribution in [0, 0.1) is 17.6 Å². The molecule has 28 heavy (non-hydrogen) atoms. The lowest BCUT2D eigenvalue weighted by Crippen LogP contribution is -2.39. The fraction of sp³-hybridized carbons (Fsp3) is 0.381. The topological polar surface area (TPSA) is 55.1 Å². The number of nitrogens with zero attached hydrogens (tertiary/aromatic N) is 4. The van der Waals surface area contributed by atoms with E-state index in [1.807, 2.05) is 38.2 Å². The second-order valence-corrected chi connectivity index (χ2v) is 7.87. The molecular weight excluding hydrogens is 370 g/mol. The van der Waals surface area contributed by atoms with E-state index in [0.717, 1.165) is 54.0 Å². The van der Waals surface area contributed by atoms with Gasteiger partial charge in [0.05, 0.1) is 17.7 Å². The van der Waals surface area contributed by atoms with Gasteiger partial charge in [-0.05, 0) is 55.7 Å². The Morgan fingerprint density at radius 2 is 1.89 bits per heavy atom. The van der Waals surface area contributed by atoms with Crippen molar-refractivity contribution in [3.8, 4) is 0 Å². The van der Waals surface area contributed by atoms with Crippen molar-refractivity contribution >= 4 is 35.0 Å². The molecular formula is C21H25N5OS. The van der Waals surface area contributed by atoms with Gasteiger partial charge in [-0.25, -0.2) is 4.98 Å². The van der Waals surface area contributed by atoms with E-state index in [-0.39, 0.29) is 11.8 Å². The van der Waals surface area contributed by atoms with Gasteiger partial charge in [0.1, 0.15) is 5.82 Å². The van der Waals surface area contributed by atoms with Crippen molar-refractivity contribution in [2.75, 3.05) is 18.4 Å². The van der Waals surface area contributed by atoms with E-state index in [1.165, 1.54) is 0 Å². The van der Waals surface area contributed by atoms with Crippen LogP contribution in [-0.2, 0) is 18.5 Å². The fourth-order valence-corrected chi connectivity index (χ4v) is 4.06. The fourth-order valence-electron chi connectivity index (χ4n) is 3.81. The number of amides is 1. The van der Waals surface area contributed by atoms with E-state index in [4.69, 9.17) is 12.2 Å². The highest BCUT2D eigenvalue weighted by Crippen LogP contribution is 2.22. The Kier molecular flexibility index (Phi) is 5.28. The van der Waals surface area contributed by atoms with Crippen molar-refractivity contribution < 1.29 is 4.79 Å². The summed E-state index contributed by atoms with van der Waals surface area (Å²) in [5.74, 6) is 0.720. The first-order chi connectivity index (χ1) is 13.5. The second kappa shape index (κ2) is 7.85. The standard InChI is InChI=1S/C21H25N5OS/c1-15-7-8-19(22-13-15)23-20(27)16-9-11-25(12-10-16)14-26-18-6-4-3-5-17(18)24(2)21(26)28/h3-8,13,16H,9-12,14H2,1-2H3,(H,22,23,27). The lowest BCUT2D eigenvalue weighted by Gasteiger charge is -2.31. The van der Waals surface area contributed by atoms with Crippen LogP contribution in [0.25, 0.3) is 11.0 Å². The van der Waals surface area contributed by atoms with Crippen LogP contribution in [0.15, 0.2) is 42.6 Å². The number of aromatic nitrogens is 3. The predicted octanol–water partition coefficient (Wildman–Crippen LogP) is 3.72. The lowest BCUT2D eigenvalue weighted by atomic mass is 9.96. The summed E-state index contributed by atoms with van der Waals surface area (Å²) in [5.41, 5.74) is 3.38.